The zero-order valence-corrected chi connectivity index (χ0v) is 13.9. The molecule has 0 saturated carbocycles. The quantitative estimate of drug-likeness (QED) is 0.840. The van der Waals surface area contributed by atoms with Gasteiger partial charge < -0.3 is 10.6 Å². The van der Waals surface area contributed by atoms with Gasteiger partial charge in [-0.15, -0.1) is 0 Å². The molecule has 0 bridgehead atoms. The number of rotatable bonds is 6. The summed E-state index contributed by atoms with van der Waals surface area (Å²) in [4.78, 5) is 23.6. The zero-order valence-electron chi connectivity index (χ0n) is 13.1. The van der Waals surface area contributed by atoms with Gasteiger partial charge in [0.05, 0.1) is 6.54 Å². The topological polar surface area (TPSA) is 76.0 Å². The third kappa shape index (κ3) is 5.10. The number of nitrogens with one attached hydrogen (secondary N) is 2. The summed E-state index contributed by atoms with van der Waals surface area (Å²) in [7, 11) is 1.76. The van der Waals surface area contributed by atoms with Crippen molar-refractivity contribution < 1.29 is 9.59 Å². The minimum atomic E-state index is -0.360. The highest BCUT2D eigenvalue weighted by Crippen LogP contribution is 2.09. The molecule has 7 heteroatoms. The van der Waals surface area contributed by atoms with Crippen LogP contribution < -0.4 is 10.6 Å². The Balaban J connectivity index is 1.70. The van der Waals surface area contributed by atoms with E-state index in [9.17, 15) is 9.59 Å². The lowest BCUT2D eigenvalue weighted by Crippen LogP contribution is -2.37. The number of halogens is 1. The number of carbonyl (C=O) groups excluding carboxylic acids is 2. The average Bonchev–Trinajstić information content (AvgIpc) is 2.86. The Morgan fingerprint density at radius 1 is 1.22 bits per heavy atom. The predicted octanol–water partition coefficient (Wildman–Crippen LogP) is 1.47. The van der Waals surface area contributed by atoms with Gasteiger partial charge >= 0.3 is 0 Å². The minimum Gasteiger partial charge on any atom is -0.354 e. The molecule has 1 aromatic carbocycles. The summed E-state index contributed by atoms with van der Waals surface area (Å²) in [6, 6.07) is 9.13. The second-order valence-electron chi connectivity index (χ2n) is 5.20. The number of benzene rings is 1. The predicted molar refractivity (Wildman–Crippen MR) is 88.4 cm³/mol. The van der Waals surface area contributed by atoms with Crippen molar-refractivity contribution in [3.63, 3.8) is 0 Å². The molecule has 2 N–H and O–H groups in total. The van der Waals surface area contributed by atoms with Gasteiger partial charge in [0.25, 0.3) is 5.91 Å². The van der Waals surface area contributed by atoms with Crippen LogP contribution in [0, 0.1) is 6.92 Å². The molecule has 2 rings (SSSR count). The fourth-order valence-electron chi connectivity index (χ4n) is 1.98. The van der Waals surface area contributed by atoms with Gasteiger partial charge in [-0.2, -0.15) is 5.10 Å². The monoisotopic (exact) mass is 334 g/mol. The van der Waals surface area contributed by atoms with Gasteiger partial charge in [-0.3, -0.25) is 14.3 Å². The van der Waals surface area contributed by atoms with E-state index >= 15 is 0 Å². The lowest BCUT2D eigenvalue weighted by Gasteiger charge is -2.06. The molecule has 0 radical (unpaired) electrons. The second-order valence-corrected chi connectivity index (χ2v) is 5.64. The summed E-state index contributed by atoms with van der Waals surface area (Å²) in [6.45, 7) is 2.28. The number of carbonyl (C=O) groups is 2. The van der Waals surface area contributed by atoms with Crippen LogP contribution in [0.4, 0.5) is 0 Å². The third-order valence-corrected chi connectivity index (χ3v) is 3.66. The molecular weight excluding hydrogens is 316 g/mol. The number of aryl methyl sites for hydroxylation is 2. The van der Waals surface area contributed by atoms with E-state index in [0.29, 0.717) is 23.7 Å². The van der Waals surface area contributed by atoms with E-state index in [1.54, 1.807) is 17.8 Å². The highest BCUT2D eigenvalue weighted by atomic mass is 35.5. The van der Waals surface area contributed by atoms with Crippen LogP contribution in [0.15, 0.2) is 30.3 Å². The molecule has 0 unspecified atom stereocenters. The van der Waals surface area contributed by atoms with Crippen LogP contribution in [-0.2, 0) is 18.3 Å². The largest absolute Gasteiger partial charge is 0.354 e. The van der Waals surface area contributed by atoms with E-state index < -0.39 is 0 Å². The zero-order chi connectivity index (χ0) is 16.8. The van der Waals surface area contributed by atoms with Crippen LogP contribution in [0.25, 0.3) is 0 Å². The van der Waals surface area contributed by atoms with Crippen LogP contribution in [0.2, 0.25) is 5.02 Å². The molecule has 2 aromatic rings. The molecule has 0 aliphatic rings. The van der Waals surface area contributed by atoms with Gasteiger partial charge in [0.1, 0.15) is 5.69 Å². The van der Waals surface area contributed by atoms with Crippen molar-refractivity contribution in [3.05, 3.63) is 52.3 Å². The van der Waals surface area contributed by atoms with Crippen LogP contribution in [0.1, 0.15) is 21.7 Å². The Hall–Kier alpha value is -2.34. The van der Waals surface area contributed by atoms with Crippen molar-refractivity contribution in [2.45, 2.75) is 13.3 Å². The summed E-state index contributed by atoms with van der Waals surface area (Å²) in [5.74, 6) is -0.596. The van der Waals surface area contributed by atoms with E-state index in [4.69, 9.17) is 11.6 Å². The first kappa shape index (κ1) is 17.0. The third-order valence-electron chi connectivity index (χ3n) is 3.41. The van der Waals surface area contributed by atoms with Gasteiger partial charge in [0.15, 0.2) is 0 Å². The van der Waals surface area contributed by atoms with E-state index in [1.165, 1.54) is 0 Å². The number of aromatic nitrogens is 2. The molecule has 0 saturated heterocycles. The smallest absolute Gasteiger partial charge is 0.272 e. The summed E-state index contributed by atoms with van der Waals surface area (Å²) in [5.41, 5.74) is 2.27. The normalized spacial score (nSPS) is 10.4. The Labute approximate surface area is 139 Å². The van der Waals surface area contributed by atoms with Crippen molar-refractivity contribution in [3.8, 4) is 0 Å². The van der Waals surface area contributed by atoms with Crippen LogP contribution in [0.5, 0.6) is 0 Å². The number of hydrogen-bond donors (Lipinski definition) is 2. The van der Waals surface area contributed by atoms with E-state index in [2.05, 4.69) is 15.7 Å². The van der Waals surface area contributed by atoms with Crippen molar-refractivity contribution in [2.24, 2.45) is 7.05 Å². The Morgan fingerprint density at radius 2 is 1.91 bits per heavy atom. The summed E-state index contributed by atoms with van der Waals surface area (Å²) >= 11 is 5.81. The van der Waals surface area contributed by atoms with E-state index in [0.717, 1.165) is 11.3 Å². The number of nitrogens with zero attached hydrogens (tertiary/aromatic N) is 2. The van der Waals surface area contributed by atoms with Crippen LogP contribution >= 0.6 is 11.6 Å². The highest BCUT2D eigenvalue weighted by Gasteiger charge is 2.11. The number of hydrogen-bond acceptors (Lipinski definition) is 3. The molecule has 1 heterocycles. The number of amides is 2. The van der Waals surface area contributed by atoms with E-state index in [-0.39, 0.29) is 18.4 Å². The fraction of sp³-hybridized carbons (Fsp3) is 0.312. The molecule has 0 aliphatic carbocycles. The maximum Gasteiger partial charge on any atom is 0.272 e. The van der Waals surface area contributed by atoms with Gasteiger partial charge in [-0.1, -0.05) is 23.7 Å². The SMILES string of the molecule is Cc1cc(C(=O)NCC(=O)NCCc2ccc(Cl)cc2)nn1C. The maximum atomic E-state index is 11.9. The van der Waals surface area contributed by atoms with Gasteiger partial charge in [0.2, 0.25) is 5.91 Å². The summed E-state index contributed by atoms with van der Waals surface area (Å²) in [5, 5.41) is 10.1. The molecule has 0 spiro atoms. The second kappa shape index (κ2) is 7.78. The van der Waals surface area contributed by atoms with Crippen LogP contribution in [0.3, 0.4) is 0 Å². The first-order valence-corrected chi connectivity index (χ1v) is 7.63. The molecule has 0 aliphatic heterocycles. The van der Waals surface area contributed by atoms with Crippen molar-refractivity contribution >= 4 is 23.4 Å². The van der Waals surface area contributed by atoms with Crippen LogP contribution in [-0.4, -0.2) is 34.7 Å². The average molecular weight is 335 g/mol. The standard InChI is InChI=1S/C16H19ClN4O2/c1-11-9-14(20-21(11)2)16(23)19-10-15(22)18-8-7-12-3-5-13(17)6-4-12/h3-6,9H,7-8,10H2,1-2H3,(H,18,22)(H,19,23). The highest BCUT2D eigenvalue weighted by molar-refractivity contribution is 6.30. The fourth-order valence-corrected chi connectivity index (χ4v) is 2.11. The molecule has 6 nitrogen and oxygen atoms in total. The Kier molecular flexibility index (Phi) is 5.76. The molecule has 0 fully saturated rings. The van der Waals surface area contributed by atoms with Gasteiger partial charge in [0, 0.05) is 24.3 Å². The maximum absolute atomic E-state index is 11.9. The Bertz CT molecular complexity index is 675. The lowest BCUT2D eigenvalue weighted by atomic mass is 10.1. The molecule has 23 heavy (non-hydrogen) atoms. The molecule has 122 valence electrons. The summed E-state index contributed by atoms with van der Waals surface area (Å²) in [6.07, 6.45) is 0.705. The Morgan fingerprint density at radius 3 is 2.52 bits per heavy atom. The molecule has 2 amide bonds. The van der Waals surface area contributed by atoms with Crippen molar-refractivity contribution in [1.82, 2.24) is 20.4 Å². The first-order valence-electron chi connectivity index (χ1n) is 7.25. The molecule has 1 aromatic heterocycles. The minimum absolute atomic E-state index is 0.0743. The van der Waals surface area contributed by atoms with E-state index in [1.807, 2.05) is 31.2 Å². The van der Waals surface area contributed by atoms with Crippen molar-refractivity contribution in [1.29, 1.82) is 0 Å². The van der Waals surface area contributed by atoms with Gasteiger partial charge in [-0.25, -0.2) is 0 Å². The summed E-state index contributed by atoms with van der Waals surface area (Å²) < 4.78 is 1.61. The van der Waals surface area contributed by atoms with Gasteiger partial charge in [-0.05, 0) is 37.1 Å². The lowest BCUT2D eigenvalue weighted by molar-refractivity contribution is -0.120. The first-order chi connectivity index (χ1) is 11.0. The van der Waals surface area contributed by atoms with Crippen molar-refractivity contribution in [2.75, 3.05) is 13.1 Å². The molecular formula is C16H19ClN4O2. The molecule has 0 atom stereocenters.